The number of β-amino-alcohol motifs (C(OH)–C–C–N with tert-alkyl or cyclic N) is 1. The van der Waals surface area contributed by atoms with Crippen molar-refractivity contribution in [2.24, 2.45) is 0 Å². The third-order valence-corrected chi connectivity index (χ3v) is 9.14. The van der Waals surface area contributed by atoms with Crippen LogP contribution in [-0.4, -0.2) is 121 Å². The van der Waals surface area contributed by atoms with Gasteiger partial charge in [0.25, 0.3) is 0 Å². The number of benzene rings is 1. The largest absolute Gasteiger partial charge is 0.462 e. The molecule has 47 heavy (non-hydrogen) atoms. The standard InChI is InChI=1S/C32H42F4N8O3/c1-40(2)12-5-8-28(46)44-15-14-43(17-21(44)9-11-37)30-24-10-13-42(27-7-4-6-25(33)29(27)32(34,35)36)19-26(24)38-31(39-30)47-20-22-16-23(45)18-41(22)3/h4,6-7,21-23,45H,5,8-10,12-20H2,1-3H3/t21-,22-,23+/m0/s1. The normalized spacial score (nSPS) is 22.0. The maximum absolute atomic E-state index is 14.5. The number of nitrogens with zero attached hydrogens (tertiary/aromatic N) is 8. The van der Waals surface area contributed by atoms with E-state index in [9.17, 15) is 32.7 Å². The number of aromatic nitrogens is 2. The molecule has 3 aliphatic heterocycles. The van der Waals surface area contributed by atoms with Crippen LogP contribution in [0.4, 0.5) is 29.1 Å². The van der Waals surface area contributed by atoms with E-state index in [0.717, 1.165) is 18.2 Å². The van der Waals surface area contributed by atoms with Crippen molar-refractivity contribution in [2.45, 2.75) is 63.0 Å². The summed E-state index contributed by atoms with van der Waals surface area (Å²) >= 11 is 0. The van der Waals surface area contributed by atoms with Gasteiger partial charge in [-0.1, -0.05) is 6.07 Å². The molecule has 0 bridgehead atoms. The van der Waals surface area contributed by atoms with E-state index in [0.29, 0.717) is 63.4 Å². The fraction of sp³-hybridized carbons (Fsp3) is 0.625. The van der Waals surface area contributed by atoms with Gasteiger partial charge in [-0.15, -0.1) is 0 Å². The lowest BCUT2D eigenvalue weighted by Crippen LogP contribution is -2.55. The Bertz CT molecular complexity index is 1470. The number of piperazine rings is 1. The number of anilines is 2. The number of fused-ring (bicyclic) bond motifs is 1. The van der Waals surface area contributed by atoms with E-state index >= 15 is 0 Å². The van der Waals surface area contributed by atoms with E-state index < -0.39 is 23.7 Å². The van der Waals surface area contributed by atoms with Crippen LogP contribution in [-0.2, 0) is 23.9 Å². The lowest BCUT2D eigenvalue weighted by atomic mass is 10.0. The number of likely N-dealkylation sites (tertiary alicyclic amines) is 1. The summed E-state index contributed by atoms with van der Waals surface area (Å²) in [7, 11) is 5.78. The Morgan fingerprint density at radius 3 is 2.62 bits per heavy atom. The number of aliphatic hydroxyl groups excluding tert-OH is 1. The minimum absolute atomic E-state index is 0.00503. The molecule has 2 fully saturated rings. The number of carbonyl (C=O) groups is 1. The first-order valence-electron chi connectivity index (χ1n) is 15.9. The number of carbonyl (C=O) groups excluding carboxylic acids is 1. The van der Waals surface area contributed by atoms with Gasteiger partial charge < -0.3 is 29.4 Å². The zero-order valence-corrected chi connectivity index (χ0v) is 27.0. The molecule has 1 amide bonds. The maximum atomic E-state index is 14.5. The molecule has 0 spiro atoms. The summed E-state index contributed by atoms with van der Waals surface area (Å²) in [4.78, 5) is 31.8. The van der Waals surface area contributed by atoms with Crippen molar-refractivity contribution < 1.29 is 32.2 Å². The predicted molar refractivity (Wildman–Crippen MR) is 166 cm³/mol. The summed E-state index contributed by atoms with van der Waals surface area (Å²) in [5, 5.41) is 19.7. The number of amides is 1. The molecule has 1 N–H and O–H groups in total. The number of ether oxygens (including phenoxy) is 1. The summed E-state index contributed by atoms with van der Waals surface area (Å²) in [5.74, 6) is -0.786. The zero-order valence-electron chi connectivity index (χ0n) is 27.0. The van der Waals surface area contributed by atoms with Gasteiger partial charge in [-0.05, 0) is 59.1 Å². The second-order valence-electron chi connectivity index (χ2n) is 12.8. The first-order chi connectivity index (χ1) is 22.3. The van der Waals surface area contributed by atoms with E-state index in [2.05, 4.69) is 11.1 Å². The molecule has 15 heteroatoms. The summed E-state index contributed by atoms with van der Waals surface area (Å²) in [6.07, 6.45) is -3.34. The molecule has 0 aliphatic carbocycles. The van der Waals surface area contributed by atoms with Gasteiger partial charge in [-0.3, -0.25) is 9.69 Å². The van der Waals surface area contributed by atoms with Crippen molar-refractivity contribution in [3.8, 4) is 12.1 Å². The van der Waals surface area contributed by atoms with Gasteiger partial charge in [-0.2, -0.15) is 28.4 Å². The van der Waals surface area contributed by atoms with Gasteiger partial charge in [-0.25, -0.2) is 4.39 Å². The molecule has 5 rings (SSSR count). The topological polar surface area (TPSA) is 112 Å². The summed E-state index contributed by atoms with van der Waals surface area (Å²) < 4.78 is 62.4. The minimum atomic E-state index is -4.89. The van der Waals surface area contributed by atoms with E-state index in [-0.39, 0.29) is 55.8 Å². The molecule has 1 aromatic heterocycles. The molecule has 3 atom stereocenters. The molecule has 1 aromatic carbocycles. The zero-order chi connectivity index (χ0) is 33.9. The van der Waals surface area contributed by atoms with Gasteiger partial charge >= 0.3 is 12.2 Å². The lowest BCUT2D eigenvalue weighted by Gasteiger charge is -2.42. The minimum Gasteiger partial charge on any atom is -0.462 e. The second-order valence-corrected chi connectivity index (χ2v) is 12.8. The molecule has 256 valence electrons. The molecule has 2 aromatic rings. The molecule has 11 nitrogen and oxygen atoms in total. The number of aliphatic hydroxyl groups is 1. The molecule has 2 saturated heterocycles. The monoisotopic (exact) mass is 662 g/mol. The Hall–Kier alpha value is -3.74. The van der Waals surface area contributed by atoms with Crippen LogP contribution in [0.2, 0.25) is 0 Å². The fourth-order valence-corrected chi connectivity index (χ4v) is 6.74. The number of halogens is 4. The van der Waals surface area contributed by atoms with Crippen molar-refractivity contribution in [2.75, 3.05) is 76.8 Å². The van der Waals surface area contributed by atoms with Gasteiger partial charge in [0.2, 0.25) is 5.91 Å². The maximum Gasteiger partial charge on any atom is 0.421 e. The van der Waals surface area contributed by atoms with Crippen LogP contribution in [0.5, 0.6) is 6.01 Å². The lowest BCUT2D eigenvalue weighted by molar-refractivity contribution is -0.139. The predicted octanol–water partition coefficient (Wildman–Crippen LogP) is 2.91. The van der Waals surface area contributed by atoms with Gasteiger partial charge in [0.15, 0.2) is 0 Å². The number of nitriles is 1. The van der Waals surface area contributed by atoms with E-state index in [1.165, 1.54) is 17.0 Å². The highest BCUT2D eigenvalue weighted by molar-refractivity contribution is 5.77. The van der Waals surface area contributed by atoms with Gasteiger partial charge in [0.1, 0.15) is 23.8 Å². The van der Waals surface area contributed by atoms with Crippen LogP contribution < -0.4 is 14.5 Å². The first kappa shape index (κ1) is 34.6. The summed E-state index contributed by atoms with van der Waals surface area (Å²) in [6.45, 7) is 2.80. The number of hydrogen-bond acceptors (Lipinski definition) is 10. The highest BCUT2D eigenvalue weighted by Crippen LogP contribution is 2.40. The highest BCUT2D eigenvalue weighted by Gasteiger charge is 2.40. The molecule has 0 unspecified atom stereocenters. The Morgan fingerprint density at radius 2 is 1.94 bits per heavy atom. The van der Waals surface area contributed by atoms with E-state index in [1.54, 1.807) is 4.90 Å². The second kappa shape index (κ2) is 14.6. The number of alkyl halides is 3. The van der Waals surface area contributed by atoms with Crippen LogP contribution in [0.1, 0.15) is 42.5 Å². The average molecular weight is 663 g/mol. The summed E-state index contributed by atoms with van der Waals surface area (Å²) in [6, 6.07) is 5.14. The number of rotatable bonds is 10. The molecule has 3 aliphatic rings. The van der Waals surface area contributed by atoms with Crippen LogP contribution >= 0.6 is 0 Å². The van der Waals surface area contributed by atoms with Crippen molar-refractivity contribution >= 4 is 17.4 Å². The molecule has 0 radical (unpaired) electrons. The first-order valence-corrected chi connectivity index (χ1v) is 15.9. The quantitative estimate of drug-likeness (QED) is 0.382. The molecular weight excluding hydrogens is 620 g/mol. The Morgan fingerprint density at radius 1 is 1.15 bits per heavy atom. The van der Waals surface area contributed by atoms with Gasteiger partial charge in [0, 0.05) is 50.7 Å². The van der Waals surface area contributed by atoms with Crippen molar-refractivity contribution in [1.29, 1.82) is 5.26 Å². The van der Waals surface area contributed by atoms with Crippen LogP contribution in [0.25, 0.3) is 0 Å². The number of likely N-dealkylation sites (N-methyl/N-ethyl adjacent to an activating group) is 1. The average Bonchev–Trinajstić information content (AvgIpc) is 3.34. The Labute approximate surface area is 272 Å². The SMILES string of the molecule is CN(C)CCCC(=O)N1CCN(c2nc(OC[C@@H]3C[C@@H](O)CN3C)nc3c2CCN(c2cccc(F)c2C(F)(F)F)C3)C[C@@H]1CC#N. The molecule has 4 heterocycles. The third-order valence-electron chi connectivity index (χ3n) is 9.14. The number of hydrogen-bond donors (Lipinski definition) is 1. The molecule has 0 saturated carbocycles. The van der Waals surface area contributed by atoms with Crippen molar-refractivity contribution in [3.63, 3.8) is 0 Å². The Kier molecular flexibility index (Phi) is 10.7. The highest BCUT2D eigenvalue weighted by atomic mass is 19.4. The van der Waals surface area contributed by atoms with Crippen LogP contribution in [0.15, 0.2) is 18.2 Å². The summed E-state index contributed by atoms with van der Waals surface area (Å²) in [5.41, 5.74) is -0.369. The third kappa shape index (κ3) is 8.05. The van der Waals surface area contributed by atoms with E-state index in [4.69, 9.17) is 9.72 Å². The smallest absolute Gasteiger partial charge is 0.421 e. The molecular formula is C32H42F4N8O3. The van der Waals surface area contributed by atoms with Crippen molar-refractivity contribution in [1.82, 2.24) is 24.7 Å². The van der Waals surface area contributed by atoms with Crippen LogP contribution in [0.3, 0.4) is 0 Å². The van der Waals surface area contributed by atoms with E-state index in [1.807, 2.05) is 35.8 Å². The van der Waals surface area contributed by atoms with Crippen molar-refractivity contribution in [3.05, 3.63) is 40.8 Å². The fourth-order valence-electron chi connectivity index (χ4n) is 6.74. The van der Waals surface area contributed by atoms with Gasteiger partial charge in [0.05, 0.1) is 42.6 Å². The Balaban J connectivity index is 1.44. The van der Waals surface area contributed by atoms with Crippen LogP contribution in [0, 0.1) is 17.1 Å².